The van der Waals surface area contributed by atoms with Gasteiger partial charge in [0, 0.05) is 34.8 Å². The fourth-order valence-electron chi connectivity index (χ4n) is 3.29. The molecule has 25 heavy (non-hydrogen) atoms. The molecule has 0 saturated heterocycles. The molecule has 130 valence electrons. The highest BCUT2D eigenvalue weighted by molar-refractivity contribution is 5.87. The zero-order valence-electron chi connectivity index (χ0n) is 14.3. The van der Waals surface area contributed by atoms with E-state index in [1.165, 1.54) is 12.8 Å². The molecule has 1 saturated carbocycles. The standard InChI is InChI=1S/C19H23N5O/c1-2-13(15-9-23-19(21)24-18(15)20)12-7-16-14(5-6-22-16)17(8-12)25-10-11-3-4-11/h5-9,11,13,22H,2-4,10H2,1H3,(H4,20,21,23,24). The third kappa shape index (κ3) is 3.12. The van der Waals surface area contributed by atoms with Gasteiger partial charge >= 0.3 is 0 Å². The van der Waals surface area contributed by atoms with Crippen molar-refractivity contribution in [2.24, 2.45) is 5.92 Å². The minimum absolute atomic E-state index is 0.0941. The minimum atomic E-state index is 0.0941. The lowest BCUT2D eigenvalue weighted by atomic mass is 9.89. The Morgan fingerprint density at radius 3 is 2.88 bits per heavy atom. The van der Waals surface area contributed by atoms with Crippen LogP contribution in [-0.2, 0) is 0 Å². The normalized spacial score (nSPS) is 15.4. The number of fused-ring (bicyclic) bond motifs is 1. The van der Waals surface area contributed by atoms with Crippen molar-refractivity contribution in [1.82, 2.24) is 15.0 Å². The Balaban J connectivity index is 1.75. The number of nitrogens with zero attached hydrogens (tertiary/aromatic N) is 2. The molecule has 4 rings (SSSR count). The summed E-state index contributed by atoms with van der Waals surface area (Å²) >= 11 is 0. The van der Waals surface area contributed by atoms with Crippen molar-refractivity contribution in [1.29, 1.82) is 0 Å². The third-order valence-corrected chi connectivity index (χ3v) is 4.88. The smallest absolute Gasteiger partial charge is 0.221 e. The van der Waals surface area contributed by atoms with E-state index in [2.05, 4.69) is 40.1 Å². The Kier molecular flexibility index (Phi) is 3.95. The summed E-state index contributed by atoms with van der Waals surface area (Å²) in [5.74, 6) is 2.36. The fraction of sp³-hybridized carbons (Fsp3) is 0.368. The second-order valence-electron chi connectivity index (χ2n) is 6.74. The number of ether oxygens (including phenoxy) is 1. The SMILES string of the molecule is CCC(c1cc(OCC2CC2)c2cc[nH]c2c1)c1cnc(N)nc1N. The summed E-state index contributed by atoms with van der Waals surface area (Å²) in [6, 6.07) is 6.34. The lowest BCUT2D eigenvalue weighted by molar-refractivity contribution is 0.303. The monoisotopic (exact) mass is 337 g/mol. The second kappa shape index (κ2) is 6.27. The molecular weight excluding hydrogens is 314 g/mol. The van der Waals surface area contributed by atoms with Crippen molar-refractivity contribution in [2.75, 3.05) is 18.1 Å². The van der Waals surface area contributed by atoms with Gasteiger partial charge in [-0.05, 0) is 48.9 Å². The van der Waals surface area contributed by atoms with E-state index in [0.717, 1.165) is 40.8 Å². The summed E-state index contributed by atoms with van der Waals surface area (Å²) < 4.78 is 6.12. The number of nitrogens with two attached hydrogens (primary N) is 2. The van der Waals surface area contributed by atoms with Crippen LogP contribution in [0.4, 0.5) is 11.8 Å². The molecule has 1 aliphatic carbocycles. The average molecular weight is 337 g/mol. The molecule has 0 radical (unpaired) electrons. The molecule has 0 amide bonds. The minimum Gasteiger partial charge on any atom is -0.493 e. The van der Waals surface area contributed by atoms with Crippen LogP contribution in [0.1, 0.15) is 43.2 Å². The molecule has 0 bridgehead atoms. The van der Waals surface area contributed by atoms with Crippen molar-refractivity contribution in [2.45, 2.75) is 32.1 Å². The maximum absolute atomic E-state index is 6.12. The van der Waals surface area contributed by atoms with Crippen molar-refractivity contribution in [3.05, 3.63) is 41.7 Å². The molecule has 0 aliphatic heterocycles. The van der Waals surface area contributed by atoms with E-state index < -0.39 is 0 Å². The molecule has 1 unspecified atom stereocenters. The van der Waals surface area contributed by atoms with Crippen molar-refractivity contribution >= 4 is 22.7 Å². The van der Waals surface area contributed by atoms with Crippen LogP contribution in [0.25, 0.3) is 10.9 Å². The van der Waals surface area contributed by atoms with Gasteiger partial charge in [0.15, 0.2) is 0 Å². The van der Waals surface area contributed by atoms with E-state index in [1.807, 2.05) is 6.20 Å². The summed E-state index contributed by atoms with van der Waals surface area (Å²) in [4.78, 5) is 11.5. The van der Waals surface area contributed by atoms with Crippen LogP contribution in [0.15, 0.2) is 30.6 Å². The molecule has 1 aromatic carbocycles. The first kappa shape index (κ1) is 15.7. The number of nitrogens with one attached hydrogen (secondary N) is 1. The number of rotatable bonds is 6. The highest BCUT2D eigenvalue weighted by Crippen LogP contribution is 2.37. The van der Waals surface area contributed by atoms with Gasteiger partial charge in [-0.2, -0.15) is 4.98 Å². The van der Waals surface area contributed by atoms with Crippen molar-refractivity contribution < 1.29 is 4.74 Å². The first-order valence-electron chi connectivity index (χ1n) is 8.77. The molecule has 1 atom stereocenters. The summed E-state index contributed by atoms with van der Waals surface area (Å²) in [6.07, 6.45) is 7.10. The second-order valence-corrected chi connectivity index (χ2v) is 6.74. The number of aromatic nitrogens is 3. The summed E-state index contributed by atoms with van der Waals surface area (Å²) in [5.41, 5.74) is 14.8. The molecule has 0 spiro atoms. The molecule has 3 aromatic rings. The number of hydrogen-bond acceptors (Lipinski definition) is 5. The lowest BCUT2D eigenvalue weighted by Gasteiger charge is -2.19. The maximum atomic E-state index is 6.12. The van der Waals surface area contributed by atoms with Gasteiger partial charge in [-0.1, -0.05) is 6.92 Å². The first-order valence-corrected chi connectivity index (χ1v) is 8.77. The van der Waals surface area contributed by atoms with Gasteiger partial charge in [0.25, 0.3) is 0 Å². The van der Waals surface area contributed by atoms with Gasteiger partial charge < -0.3 is 21.2 Å². The van der Waals surface area contributed by atoms with Gasteiger partial charge in [0.05, 0.1) is 6.61 Å². The van der Waals surface area contributed by atoms with Gasteiger partial charge in [0.2, 0.25) is 5.95 Å². The number of hydrogen-bond donors (Lipinski definition) is 3. The highest BCUT2D eigenvalue weighted by Gasteiger charge is 2.23. The lowest BCUT2D eigenvalue weighted by Crippen LogP contribution is -2.09. The van der Waals surface area contributed by atoms with E-state index in [1.54, 1.807) is 6.20 Å². The fourth-order valence-corrected chi connectivity index (χ4v) is 3.29. The van der Waals surface area contributed by atoms with Crippen LogP contribution in [0.3, 0.4) is 0 Å². The first-order chi connectivity index (χ1) is 12.2. The number of aromatic amines is 1. The predicted octanol–water partition coefficient (Wildman–Crippen LogP) is 3.45. The Hall–Kier alpha value is -2.76. The zero-order chi connectivity index (χ0) is 17.4. The molecule has 6 nitrogen and oxygen atoms in total. The number of anilines is 2. The summed E-state index contributed by atoms with van der Waals surface area (Å²) in [6.45, 7) is 2.91. The molecule has 1 fully saturated rings. The van der Waals surface area contributed by atoms with Gasteiger partial charge in [-0.25, -0.2) is 4.98 Å². The average Bonchev–Trinajstić information content (AvgIpc) is 3.30. The van der Waals surface area contributed by atoms with Crippen molar-refractivity contribution in [3.8, 4) is 5.75 Å². The largest absolute Gasteiger partial charge is 0.493 e. The number of H-pyrrole nitrogens is 1. The number of benzene rings is 1. The molecule has 6 heteroatoms. The van der Waals surface area contributed by atoms with Gasteiger partial charge in [-0.3, -0.25) is 0 Å². The topological polar surface area (TPSA) is 103 Å². The molecule has 2 heterocycles. The van der Waals surface area contributed by atoms with E-state index in [0.29, 0.717) is 11.7 Å². The van der Waals surface area contributed by atoms with Gasteiger partial charge in [0.1, 0.15) is 11.6 Å². The van der Waals surface area contributed by atoms with E-state index in [9.17, 15) is 0 Å². The quantitative estimate of drug-likeness (QED) is 0.639. The molecule has 2 aromatic heterocycles. The van der Waals surface area contributed by atoms with Crippen LogP contribution in [0.5, 0.6) is 5.75 Å². The van der Waals surface area contributed by atoms with Crippen LogP contribution in [0, 0.1) is 5.92 Å². The van der Waals surface area contributed by atoms with Crippen LogP contribution < -0.4 is 16.2 Å². The van der Waals surface area contributed by atoms with E-state index in [4.69, 9.17) is 16.2 Å². The van der Waals surface area contributed by atoms with Gasteiger partial charge in [-0.15, -0.1) is 0 Å². The molecular formula is C19H23N5O. The number of nitrogen functional groups attached to an aromatic ring is 2. The predicted molar refractivity (Wildman–Crippen MR) is 99.5 cm³/mol. The molecule has 5 N–H and O–H groups in total. The maximum Gasteiger partial charge on any atom is 0.221 e. The Labute approximate surface area is 146 Å². The van der Waals surface area contributed by atoms with Crippen LogP contribution in [-0.4, -0.2) is 21.6 Å². The van der Waals surface area contributed by atoms with Crippen LogP contribution >= 0.6 is 0 Å². The molecule has 1 aliphatic rings. The third-order valence-electron chi connectivity index (χ3n) is 4.88. The van der Waals surface area contributed by atoms with E-state index in [-0.39, 0.29) is 11.9 Å². The Morgan fingerprint density at radius 2 is 2.16 bits per heavy atom. The Bertz CT molecular complexity index is 900. The van der Waals surface area contributed by atoms with E-state index >= 15 is 0 Å². The summed E-state index contributed by atoms with van der Waals surface area (Å²) in [5, 5.41) is 1.11. The zero-order valence-corrected chi connectivity index (χ0v) is 14.3. The Morgan fingerprint density at radius 1 is 1.32 bits per heavy atom. The summed E-state index contributed by atoms with van der Waals surface area (Å²) in [7, 11) is 0. The van der Waals surface area contributed by atoms with Crippen LogP contribution in [0.2, 0.25) is 0 Å². The van der Waals surface area contributed by atoms with Crippen molar-refractivity contribution in [3.63, 3.8) is 0 Å². The highest BCUT2D eigenvalue weighted by atomic mass is 16.5.